The Labute approximate surface area is 178 Å². The fourth-order valence-corrected chi connectivity index (χ4v) is 4.33. The van der Waals surface area contributed by atoms with Crippen LogP contribution in [0.1, 0.15) is 25.0 Å². The Hall–Kier alpha value is -3.70. The van der Waals surface area contributed by atoms with Crippen LogP contribution >= 0.6 is 0 Å². The van der Waals surface area contributed by atoms with E-state index in [0.717, 1.165) is 35.1 Å². The van der Waals surface area contributed by atoms with Crippen LogP contribution in [-0.2, 0) is 10.3 Å². The molecule has 0 unspecified atom stereocenters. The molecule has 8 heteroatoms. The third-order valence-electron chi connectivity index (χ3n) is 5.85. The molecule has 0 spiro atoms. The van der Waals surface area contributed by atoms with Gasteiger partial charge in [0.05, 0.1) is 35.7 Å². The molecule has 0 saturated carbocycles. The molecule has 1 fully saturated rings. The number of aromatic amines is 1. The van der Waals surface area contributed by atoms with Crippen molar-refractivity contribution >= 4 is 33.3 Å². The fourth-order valence-electron chi connectivity index (χ4n) is 4.33. The van der Waals surface area contributed by atoms with Gasteiger partial charge in [0.15, 0.2) is 5.82 Å². The highest BCUT2D eigenvalue weighted by Gasteiger charge is 2.38. The summed E-state index contributed by atoms with van der Waals surface area (Å²) in [6.07, 6.45) is 3.48. The average Bonchev–Trinajstić information content (AvgIpc) is 3.15. The Morgan fingerprint density at radius 3 is 3.03 bits per heavy atom. The van der Waals surface area contributed by atoms with Crippen LogP contribution in [0.25, 0.3) is 21.8 Å². The normalized spacial score (nSPS) is 18.8. The van der Waals surface area contributed by atoms with Gasteiger partial charge in [0, 0.05) is 29.6 Å². The van der Waals surface area contributed by atoms with E-state index in [1.165, 1.54) is 0 Å². The number of fused-ring (bicyclic) bond motifs is 2. The summed E-state index contributed by atoms with van der Waals surface area (Å²) in [4.78, 5) is 20.0. The van der Waals surface area contributed by atoms with E-state index in [0.29, 0.717) is 29.9 Å². The predicted octanol–water partition coefficient (Wildman–Crippen LogP) is 3.74. The topological polar surface area (TPSA) is 109 Å². The van der Waals surface area contributed by atoms with Crippen LogP contribution in [0.15, 0.2) is 47.4 Å². The van der Waals surface area contributed by atoms with Gasteiger partial charge in [0.1, 0.15) is 5.39 Å². The number of nitrogens with one attached hydrogen (secondary N) is 2. The molecule has 0 amide bonds. The first-order valence-electron chi connectivity index (χ1n) is 10.3. The van der Waals surface area contributed by atoms with E-state index in [2.05, 4.69) is 21.4 Å². The number of aromatic nitrogens is 4. The minimum absolute atomic E-state index is 0.229. The molecule has 0 aliphatic carbocycles. The van der Waals surface area contributed by atoms with Gasteiger partial charge < -0.3 is 15.0 Å². The molecular formula is C23H22N6O2. The molecule has 5 rings (SSSR count). The number of hydrogen-bond acceptors (Lipinski definition) is 6. The number of aryl methyl sites for hydroxylation is 1. The summed E-state index contributed by atoms with van der Waals surface area (Å²) in [6, 6.07) is 14.0. The van der Waals surface area contributed by atoms with Gasteiger partial charge in [0.25, 0.3) is 5.56 Å². The Kier molecular flexibility index (Phi) is 4.68. The van der Waals surface area contributed by atoms with Crippen LogP contribution in [0.2, 0.25) is 0 Å². The summed E-state index contributed by atoms with van der Waals surface area (Å²) in [6.45, 7) is 3.02. The van der Waals surface area contributed by atoms with Gasteiger partial charge in [-0.15, -0.1) is 0 Å². The van der Waals surface area contributed by atoms with Gasteiger partial charge in [-0.3, -0.25) is 14.5 Å². The maximum atomic E-state index is 12.7. The summed E-state index contributed by atoms with van der Waals surface area (Å²) in [5.74, 6) is 0.458. The van der Waals surface area contributed by atoms with Crippen LogP contribution in [0.4, 0.5) is 11.5 Å². The molecule has 1 atom stereocenters. The molecule has 1 aliphatic rings. The van der Waals surface area contributed by atoms with Gasteiger partial charge in [-0.05, 0) is 50.1 Å². The van der Waals surface area contributed by atoms with Crippen molar-refractivity contribution in [3.8, 4) is 6.07 Å². The molecule has 156 valence electrons. The van der Waals surface area contributed by atoms with Crippen LogP contribution in [-0.4, -0.2) is 33.0 Å². The van der Waals surface area contributed by atoms with Crippen molar-refractivity contribution in [3.63, 3.8) is 0 Å². The minimum atomic E-state index is -0.593. The van der Waals surface area contributed by atoms with Gasteiger partial charge in [-0.2, -0.15) is 10.4 Å². The number of benzene rings is 1. The SMILES string of the molecule is Cc1ccc2cc(Nc3nn([C@]4(CC#N)CCCOC4)c4cc[nH]c(=O)c34)ccc2n1. The standard InChI is InChI=1S/C23H22N6O2/c1-15-3-4-16-13-17(5-6-18(16)26-15)27-21-20-19(7-11-25-22(20)30)29(28-21)23(9-10-24)8-2-12-31-14-23/h3-7,11,13H,2,8-9,12,14H2,1H3,(H,25,30)(H,27,28)/t23-/m0/s1. The number of H-pyrrole nitrogens is 1. The second kappa shape index (κ2) is 7.52. The lowest BCUT2D eigenvalue weighted by Gasteiger charge is -2.35. The van der Waals surface area contributed by atoms with Gasteiger partial charge in [-0.25, -0.2) is 0 Å². The van der Waals surface area contributed by atoms with E-state index in [1.54, 1.807) is 6.20 Å². The third-order valence-corrected chi connectivity index (χ3v) is 5.85. The van der Waals surface area contributed by atoms with Crippen molar-refractivity contribution in [3.05, 3.63) is 58.6 Å². The zero-order valence-electron chi connectivity index (χ0n) is 17.2. The van der Waals surface area contributed by atoms with E-state index < -0.39 is 5.54 Å². The second-order valence-corrected chi connectivity index (χ2v) is 8.03. The molecule has 1 aliphatic heterocycles. The lowest BCUT2D eigenvalue weighted by atomic mass is 9.89. The monoisotopic (exact) mass is 414 g/mol. The minimum Gasteiger partial charge on any atom is -0.379 e. The van der Waals surface area contributed by atoms with Gasteiger partial charge in [-0.1, -0.05) is 6.07 Å². The molecule has 3 aromatic heterocycles. The lowest BCUT2D eigenvalue weighted by molar-refractivity contribution is -0.00174. The first-order valence-corrected chi connectivity index (χ1v) is 10.3. The first-order chi connectivity index (χ1) is 15.1. The van der Waals surface area contributed by atoms with E-state index >= 15 is 0 Å². The van der Waals surface area contributed by atoms with Crippen LogP contribution in [0.3, 0.4) is 0 Å². The Morgan fingerprint density at radius 1 is 1.32 bits per heavy atom. The Morgan fingerprint density at radius 2 is 2.23 bits per heavy atom. The van der Waals surface area contributed by atoms with Gasteiger partial charge in [0.2, 0.25) is 0 Å². The molecule has 1 aromatic carbocycles. The molecule has 8 nitrogen and oxygen atoms in total. The zero-order chi connectivity index (χ0) is 21.4. The molecule has 0 bridgehead atoms. The molecule has 4 aromatic rings. The van der Waals surface area contributed by atoms with Crippen LogP contribution in [0, 0.1) is 18.3 Å². The summed E-state index contributed by atoms with van der Waals surface area (Å²) in [7, 11) is 0. The molecule has 1 saturated heterocycles. The highest BCUT2D eigenvalue weighted by molar-refractivity contribution is 5.92. The van der Waals surface area contributed by atoms with E-state index in [1.807, 2.05) is 48.0 Å². The molecule has 2 N–H and O–H groups in total. The highest BCUT2D eigenvalue weighted by atomic mass is 16.5. The number of nitrogens with zero attached hydrogens (tertiary/aromatic N) is 4. The van der Waals surface area contributed by atoms with Crippen molar-refractivity contribution in [2.75, 3.05) is 18.5 Å². The maximum Gasteiger partial charge on any atom is 0.261 e. The Bertz CT molecular complexity index is 1370. The fraction of sp³-hybridized carbons (Fsp3) is 0.304. The first kappa shape index (κ1) is 19.3. The maximum absolute atomic E-state index is 12.7. The van der Waals surface area contributed by atoms with Crippen molar-refractivity contribution in [1.29, 1.82) is 5.26 Å². The van der Waals surface area contributed by atoms with Crippen molar-refractivity contribution in [2.45, 2.75) is 31.7 Å². The molecular weight excluding hydrogens is 392 g/mol. The smallest absolute Gasteiger partial charge is 0.261 e. The van der Waals surface area contributed by atoms with Crippen molar-refractivity contribution < 1.29 is 4.74 Å². The predicted molar refractivity (Wildman–Crippen MR) is 118 cm³/mol. The third kappa shape index (κ3) is 3.33. The van der Waals surface area contributed by atoms with Crippen LogP contribution < -0.4 is 10.9 Å². The van der Waals surface area contributed by atoms with Gasteiger partial charge >= 0.3 is 0 Å². The van der Waals surface area contributed by atoms with Crippen molar-refractivity contribution in [1.82, 2.24) is 19.7 Å². The summed E-state index contributed by atoms with van der Waals surface area (Å²) in [5.41, 5.74) is 2.54. The average molecular weight is 414 g/mol. The number of nitriles is 1. The zero-order valence-corrected chi connectivity index (χ0v) is 17.2. The number of hydrogen-bond donors (Lipinski definition) is 2. The summed E-state index contributed by atoms with van der Waals surface area (Å²) < 4.78 is 7.55. The Balaban J connectivity index is 1.63. The molecule has 0 radical (unpaired) electrons. The largest absolute Gasteiger partial charge is 0.379 e. The number of ether oxygens (including phenoxy) is 1. The number of pyridine rings is 2. The van der Waals surface area contributed by atoms with E-state index in [4.69, 9.17) is 9.84 Å². The van der Waals surface area contributed by atoms with Crippen molar-refractivity contribution in [2.24, 2.45) is 0 Å². The molecule has 4 heterocycles. The number of rotatable bonds is 4. The quantitative estimate of drug-likeness (QED) is 0.527. The highest BCUT2D eigenvalue weighted by Crippen LogP contribution is 2.35. The second-order valence-electron chi connectivity index (χ2n) is 8.03. The summed E-state index contributed by atoms with van der Waals surface area (Å²) in [5, 5.41) is 19.1. The summed E-state index contributed by atoms with van der Waals surface area (Å²) >= 11 is 0. The number of anilines is 2. The molecule has 31 heavy (non-hydrogen) atoms. The van der Waals surface area contributed by atoms with E-state index in [9.17, 15) is 10.1 Å². The van der Waals surface area contributed by atoms with Crippen LogP contribution in [0.5, 0.6) is 0 Å². The van der Waals surface area contributed by atoms with E-state index in [-0.39, 0.29) is 12.0 Å². The lowest BCUT2D eigenvalue weighted by Crippen LogP contribution is -2.42.